The molecule has 12 heteroatoms. The highest BCUT2D eigenvalue weighted by molar-refractivity contribution is 5.81. The first kappa shape index (κ1) is 39.2. The molecule has 0 aliphatic carbocycles. The molecule has 1 unspecified atom stereocenters. The van der Waals surface area contributed by atoms with E-state index in [2.05, 4.69) is 0 Å². The van der Waals surface area contributed by atoms with Gasteiger partial charge in [0.1, 0.15) is 30.2 Å². The van der Waals surface area contributed by atoms with E-state index in [0.29, 0.717) is 0 Å². The summed E-state index contributed by atoms with van der Waals surface area (Å²) >= 11 is 0. The quantitative estimate of drug-likeness (QED) is 0.203. The first-order valence-electron chi connectivity index (χ1n) is 17.6. The van der Waals surface area contributed by atoms with Gasteiger partial charge in [-0.1, -0.05) is 91.0 Å². The monoisotopic (exact) mass is 720 g/mol. The Morgan fingerprint density at radius 3 is 1.52 bits per heavy atom. The average molecular weight is 721 g/mol. The van der Waals surface area contributed by atoms with Gasteiger partial charge in [0.25, 0.3) is 0 Å². The third kappa shape index (κ3) is 11.0. The zero-order valence-electron chi connectivity index (χ0n) is 29.9. The third-order valence-electron chi connectivity index (χ3n) is 8.87. The zero-order valence-corrected chi connectivity index (χ0v) is 29.9. The Hall–Kier alpha value is -4.01. The number of ketones is 1. The van der Waals surface area contributed by atoms with Crippen molar-refractivity contribution in [1.82, 2.24) is 0 Å². The van der Waals surface area contributed by atoms with Gasteiger partial charge >= 0.3 is 11.9 Å². The van der Waals surface area contributed by atoms with E-state index in [4.69, 9.17) is 37.9 Å². The lowest BCUT2D eigenvalue weighted by atomic mass is 9.96. The molecule has 2 fully saturated rings. The van der Waals surface area contributed by atoms with Gasteiger partial charge in [0.2, 0.25) is 0 Å². The Morgan fingerprint density at radius 1 is 0.577 bits per heavy atom. The van der Waals surface area contributed by atoms with Gasteiger partial charge in [-0.3, -0.25) is 9.59 Å². The molecule has 12 nitrogen and oxygen atoms in total. The molecule has 52 heavy (non-hydrogen) atoms. The molecular formula is C40H48O12. The van der Waals surface area contributed by atoms with Crippen molar-refractivity contribution in [3.63, 3.8) is 0 Å². The summed E-state index contributed by atoms with van der Waals surface area (Å²) in [5.74, 6) is -1.52. The summed E-state index contributed by atoms with van der Waals surface area (Å²) in [4.78, 5) is 37.4. The molecule has 5 rings (SSSR count). The molecule has 2 saturated heterocycles. The van der Waals surface area contributed by atoms with Crippen LogP contribution in [0.3, 0.4) is 0 Å². The molecule has 280 valence electrons. The number of benzene rings is 3. The van der Waals surface area contributed by atoms with Gasteiger partial charge in [-0.2, -0.15) is 0 Å². The Labute approximate surface area is 304 Å². The van der Waals surface area contributed by atoms with Crippen LogP contribution in [-0.4, -0.2) is 84.2 Å². The normalized spacial score (nSPS) is 28.9. The van der Waals surface area contributed by atoms with Crippen molar-refractivity contribution in [1.29, 1.82) is 0 Å². The van der Waals surface area contributed by atoms with Gasteiger partial charge in [-0.05, 0) is 37.5 Å². The first-order valence-corrected chi connectivity index (χ1v) is 17.6. The van der Waals surface area contributed by atoms with Crippen LogP contribution in [0.5, 0.6) is 0 Å². The van der Waals surface area contributed by atoms with Crippen molar-refractivity contribution in [2.45, 2.75) is 122 Å². The van der Waals surface area contributed by atoms with Crippen molar-refractivity contribution < 1.29 is 57.4 Å². The Morgan fingerprint density at radius 2 is 1.04 bits per heavy atom. The highest BCUT2D eigenvalue weighted by Crippen LogP contribution is 2.35. The minimum absolute atomic E-state index is 0.0224. The number of aliphatic hydroxyl groups excluding tert-OH is 1. The molecule has 3 aromatic rings. The minimum atomic E-state index is -1.56. The maximum Gasteiger partial charge on any atom is 0.306 e. The molecule has 2 heterocycles. The highest BCUT2D eigenvalue weighted by Gasteiger charge is 2.54. The highest BCUT2D eigenvalue weighted by atomic mass is 16.7. The lowest BCUT2D eigenvalue weighted by Crippen LogP contribution is -2.65. The van der Waals surface area contributed by atoms with Crippen LogP contribution in [0.1, 0.15) is 57.2 Å². The van der Waals surface area contributed by atoms with Crippen LogP contribution >= 0.6 is 0 Å². The van der Waals surface area contributed by atoms with Crippen LogP contribution in [0.25, 0.3) is 0 Å². The molecule has 3 aromatic carbocycles. The molecule has 0 spiro atoms. The van der Waals surface area contributed by atoms with Crippen LogP contribution in [0.15, 0.2) is 91.0 Å². The Kier molecular flexibility index (Phi) is 14.5. The number of rotatable bonds is 16. The number of hydrogen-bond acceptors (Lipinski definition) is 12. The number of Topliss-reactive ketones (excluding diaryl/α,β-unsaturated/α-hetero) is 1. The molecule has 0 amide bonds. The number of hydrogen-bond donors (Lipinski definition) is 1. The fourth-order valence-electron chi connectivity index (χ4n) is 6.26. The van der Waals surface area contributed by atoms with Gasteiger partial charge < -0.3 is 47.8 Å². The fourth-order valence-corrected chi connectivity index (χ4v) is 6.26. The van der Waals surface area contributed by atoms with Crippen LogP contribution < -0.4 is 0 Å². The first-order chi connectivity index (χ1) is 25.1. The fraction of sp³-hybridized carbons (Fsp3) is 0.475. The van der Waals surface area contributed by atoms with Crippen LogP contribution in [-0.2, 0) is 72.1 Å². The summed E-state index contributed by atoms with van der Waals surface area (Å²) in [5.41, 5.74) is 2.65. The van der Waals surface area contributed by atoms with Crippen LogP contribution in [0, 0.1) is 0 Å². The summed E-state index contributed by atoms with van der Waals surface area (Å²) in [7, 11) is 0. The van der Waals surface area contributed by atoms with E-state index < -0.39 is 73.4 Å². The SMILES string of the molecule is CC(=O)CCC(=O)O[C@H]1[C@H](O[C@@H]2[C@@H](OCc3ccccc3)[C@H](C)OC(O)[C@@H]2OC(C)=O)O[C@@H](C)[C@H](OCc2ccccc2)[C@H]1OCc1ccccc1. The topological polar surface area (TPSA) is 145 Å². The summed E-state index contributed by atoms with van der Waals surface area (Å²) < 4.78 is 49.8. The van der Waals surface area contributed by atoms with E-state index in [1.807, 2.05) is 91.0 Å². The number of ether oxygens (including phenoxy) is 8. The molecule has 0 aromatic heterocycles. The smallest absolute Gasteiger partial charge is 0.306 e. The van der Waals surface area contributed by atoms with Crippen LogP contribution in [0.2, 0.25) is 0 Å². The molecular weight excluding hydrogens is 672 g/mol. The second kappa shape index (κ2) is 19.2. The molecule has 0 saturated carbocycles. The molecule has 10 atom stereocenters. The predicted molar refractivity (Wildman–Crippen MR) is 186 cm³/mol. The van der Waals surface area contributed by atoms with E-state index in [1.54, 1.807) is 13.8 Å². The van der Waals surface area contributed by atoms with Crippen molar-refractivity contribution in [3.05, 3.63) is 108 Å². The summed E-state index contributed by atoms with van der Waals surface area (Å²) in [5, 5.41) is 11.0. The van der Waals surface area contributed by atoms with E-state index in [1.165, 1.54) is 13.8 Å². The van der Waals surface area contributed by atoms with E-state index in [-0.39, 0.29) is 38.4 Å². The predicted octanol–water partition coefficient (Wildman–Crippen LogP) is 4.82. The zero-order chi connectivity index (χ0) is 37.0. The Bertz CT molecular complexity index is 1550. The summed E-state index contributed by atoms with van der Waals surface area (Å²) in [6, 6.07) is 28.5. The lowest BCUT2D eigenvalue weighted by Gasteiger charge is -2.48. The number of esters is 2. The van der Waals surface area contributed by atoms with Crippen molar-refractivity contribution in [2.75, 3.05) is 0 Å². The largest absolute Gasteiger partial charge is 0.454 e. The van der Waals surface area contributed by atoms with Gasteiger partial charge in [-0.25, -0.2) is 0 Å². The second-order valence-corrected chi connectivity index (χ2v) is 13.1. The second-order valence-electron chi connectivity index (χ2n) is 13.1. The minimum Gasteiger partial charge on any atom is -0.454 e. The van der Waals surface area contributed by atoms with Gasteiger partial charge in [0.05, 0.1) is 38.4 Å². The standard InChI is InChI=1S/C40H48O12/c1-25(41)20-21-32(43)51-38-35(47-24-31-18-12-7-13-19-31)33(45-22-29-14-8-5-9-15-29)27(3)49-40(38)52-36-34(46-23-30-16-10-6-11-17-30)26(2)48-39(44)37(36)50-28(4)42/h5-19,26-27,33-40,44H,20-24H2,1-4H3/t26-,27-,33-,34-,35+,36+,37+,38+,39?,40-/m0/s1. The van der Waals surface area contributed by atoms with E-state index in [0.717, 1.165) is 16.7 Å². The molecule has 2 aliphatic heterocycles. The van der Waals surface area contributed by atoms with Crippen molar-refractivity contribution >= 4 is 17.7 Å². The maximum atomic E-state index is 13.3. The van der Waals surface area contributed by atoms with E-state index in [9.17, 15) is 19.5 Å². The molecule has 1 N–H and O–H groups in total. The van der Waals surface area contributed by atoms with E-state index >= 15 is 0 Å². The summed E-state index contributed by atoms with van der Waals surface area (Å²) in [6.45, 7) is 6.63. The number of carbonyl (C=O) groups excluding carboxylic acids is 3. The van der Waals surface area contributed by atoms with Crippen LogP contribution in [0.4, 0.5) is 0 Å². The third-order valence-corrected chi connectivity index (χ3v) is 8.87. The summed E-state index contributed by atoms with van der Waals surface area (Å²) in [6.07, 6.45) is -10.8. The lowest BCUT2D eigenvalue weighted by molar-refractivity contribution is -0.360. The number of carbonyl (C=O) groups is 3. The molecule has 0 radical (unpaired) electrons. The molecule has 0 bridgehead atoms. The maximum absolute atomic E-state index is 13.3. The van der Waals surface area contributed by atoms with Gasteiger partial charge in [-0.15, -0.1) is 0 Å². The van der Waals surface area contributed by atoms with Crippen molar-refractivity contribution in [2.24, 2.45) is 0 Å². The van der Waals surface area contributed by atoms with Crippen molar-refractivity contribution in [3.8, 4) is 0 Å². The van der Waals surface area contributed by atoms with Gasteiger partial charge in [0.15, 0.2) is 24.8 Å². The average Bonchev–Trinajstić information content (AvgIpc) is 3.13. The Balaban J connectivity index is 1.49. The number of aliphatic hydroxyl groups is 1. The van der Waals surface area contributed by atoms with Gasteiger partial charge in [0, 0.05) is 13.3 Å². The molecule has 2 aliphatic rings.